The molecule has 7 aromatic rings. The Labute approximate surface area is 213 Å². The van der Waals surface area contributed by atoms with Gasteiger partial charge in [0.15, 0.2) is 0 Å². The molecule has 0 amide bonds. The number of aryl methyl sites for hydroxylation is 2. The van der Waals surface area contributed by atoms with E-state index >= 15 is 0 Å². The van der Waals surface area contributed by atoms with Crippen molar-refractivity contribution in [2.45, 2.75) is 13.8 Å². The van der Waals surface area contributed by atoms with E-state index in [1.54, 1.807) is 26.0 Å². The Bertz CT molecular complexity index is 1920. The summed E-state index contributed by atoms with van der Waals surface area (Å²) >= 11 is 0. The van der Waals surface area contributed by atoms with Crippen LogP contribution in [0.15, 0.2) is 36.4 Å². The van der Waals surface area contributed by atoms with Crippen molar-refractivity contribution in [1.82, 2.24) is 0 Å². The maximum atomic E-state index is 11.4. The minimum atomic E-state index is -0.450. The van der Waals surface area contributed by atoms with Crippen molar-refractivity contribution in [1.29, 1.82) is 0 Å². The molecule has 0 fully saturated rings. The minimum absolute atomic E-state index is 0.0310. The van der Waals surface area contributed by atoms with Crippen molar-refractivity contribution in [3.63, 3.8) is 0 Å². The smallest absolute Gasteiger partial charge is 0.138 e. The molecule has 8 heteroatoms. The van der Waals surface area contributed by atoms with E-state index in [1.807, 2.05) is 0 Å². The van der Waals surface area contributed by atoms with Crippen molar-refractivity contribution in [3.8, 4) is 46.0 Å². The predicted octanol–water partition coefficient (Wildman–Crippen LogP) is 6.31. The molecule has 0 aliphatic rings. The number of benzene rings is 6. The van der Waals surface area contributed by atoms with E-state index in [1.165, 1.54) is 12.1 Å². The molecular weight excluding hydrogens is 488 g/mol. The van der Waals surface area contributed by atoms with E-state index in [0.29, 0.717) is 32.7 Å². The fourth-order valence-corrected chi connectivity index (χ4v) is 6.30. The number of phenols is 8. The quantitative estimate of drug-likeness (QED) is 0.111. The average Bonchev–Trinajstić information content (AvgIpc) is 2.81. The Hall–Kier alpha value is -5.24. The summed E-state index contributed by atoms with van der Waals surface area (Å²) in [6.07, 6.45) is 0. The van der Waals surface area contributed by atoms with Gasteiger partial charge in [-0.05, 0) is 70.8 Å². The second-order valence-corrected chi connectivity index (χ2v) is 9.90. The van der Waals surface area contributed by atoms with Crippen molar-refractivity contribution in [2.75, 3.05) is 0 Å². The molecule has 0 atom stereocenters. The summed E-state index contributed by atoms with van der Waals surface area (Å²) in [4.78, 5) is 0. The van der Waals surface area contributed by atoms with E-state index in [4.69, 9.17) is 0 Å². The van der Waals surface area contributed by atoms with Crippen LogP contribution in [0, 0.1) is 13.8 Å². The second-order valence-electron chi connectivity index (χ2n) is 9.90. The highest BCUT2D eigenvalue weighted by Crippen LogP contribution is 2.55. The van der Waals surface area contributed by atoms with Crippen LogP contribution in [-0.4, -0.2) is 40.9 Å². The average molecular weight is 508 g/mol. The Balaban J connectivity index is 2.08. The summed E-state index contributed by atoms with van der Waals surface area (Å²) in [7, 11) is 0. The van der Waals surface area contributed by atoms with Gasteiger partial charge in [0.1, 0.15) is 46.0 Å². The van der Waals surface area contributed by atoms with Gasteiger partial charge in [-0.15, -0.1) is 0 Å². The van der Waals surface area contributed by atoms with Crippen LogP contribution < -0.4 is 0 Å². The van der Waals surface area contributed by atoms with Crippen LogP contribution in [0.2, 0.25) is 0 Å². The van der Waals surface area contributed by atoms with Crippen molar-refractivity contribution in [3.05, 3.63) is 47.5 Å². The lowest BCUT2D eigenvalue weighted by atomic mass is 9.86. The molecule has 0 aromatic heterocycles. The van der Waals surface area contributed by atoms with Crippen molar-refractivity contribution >= 4 is 64.6 Å². The van der Waals surface area contributed by atoms with Gasteiger partial charge in [0.2, 0.25) is 0 Å². The molecule has 8 N–H and O–H groups in total. The normalized spacial score (nSPS) is 12.3. The lowest BCUT2D eigenvalue weighted by molar-refractivity contribution is 0.448. The molecule has 0 spiro atoms. The molecule has 7 rings (SSSR count). The highest BCUT2D eigenvalue weighted by atomic mass is 16.3. The number of aromatic hydroxyl groups is 8. The van der Waals surface area contributed by atoms with Gasteiger partial charge in [-0.1, -0.05) is 0 Å². The highest BCUT2D eigenvalue weighted by molar-refractivity contribution is 6.32. The first-order valence-electron chi connectivity index (χ1n) is 11.8. The third kappa shape index (κ3) is 2.39. The fraction of sp³-hybridized carbons (Fsp3) is 0.0667. The largest absolute Gasteiger partial charge is 0.507 e. The first-order valence-corrected chi connectivity index (χ1v) is 11.8. The zero-order valence-corrected chi connectivity index (χ0v) is 20.0. The van der Waals surface area contributed by atoms with Crippen LogP contribution in [0.25, 0.3) is 64.6 Å². The molecule has 4 bridgehead atoms. The highest BCUT2D eigenvalue weighted by Gasteiger charge is 2.26. The molecule has 0 unspecified atom stereocenters. The minimum Gasteiger partial charge on any atom is -0.507 e. The Kier molecular flexibility index (Phi) is 3.90. The number of fused-ring (bicyclic) bond motifs is 2. The monoisotopic (exact) mass is 508 g/mol. The zero-order chi connectivity index (χ0) is 26.9. The van der Waals surface area contributed by atoms with Gasteiger partial charge in [0.05, 0.1) is 21.5 Å². The first-order chi connectivity index (χ1) is 18.0. The number of phenolic OH excluding ortho intramolecular Hbond substituents is 8. The van der Waals surface area contributed by atoms with E-state index in [2.05, 4.69) is 0 Å². The summed E-state index contributed by atoms with van der Waals surface area (Å²) in [5, 5.41) is 90.7. The third-order valence-corrected chi connectivity index (χ3v) is 7.76. The Morgan fingerprint density at radius 3 is 0.921 bits per heavy atom. The Morgan fingerprint density at radius 1 is 0.316 bits per heavy atom. The first kappa shape index (κ1) is 22.0. The molecule has 38 heavy (non-hydrogen) atoms. The lowest BCUT2D eigenvalue weighted by Gasteiger charge is -2.19. The number of hydrogen-bond acceptors (Lipinski definition) is 8. The topological polar surface area (TPSA) is 162 Å². The van der Waals surface area contributed by atoms with Crippen LogP contribution in [-0.2, 0) is 0 Å². The van der Waals surface area contributed by atoms with Crippen LogP contribution in [0.1, 0.15) is 11.1 Å². The van der Waals surface area contributed by atoms with Gasteiger partial charge in [0, 0.05) is 33.7 Å². The van der Waals surface area contributed by atoms with E-state index in [0.717, 1.165) is 12.1 Å². The molecule has 188 valence electrons. The number of rotatable bonds is 0. The molecule has 0 radical (unpaired) electrons. The molecule has 8 nitrogen and oxygen atoms in total. The van der Waals surface area contributed by atoms with E-state index in [-0.39, 0.29) is 54.6 Å². The molecule has 7 aromatic carbocycles. The van der Waals surface area contributed by atoms with E-state index < -0.39 is 34.5 Å². The van der Waals surface area contributed by atoms with E-state index in [9.17, 15) is 40.9 Å². The molecule has 0 aliphatic carbocycles. The molecule has 0 saturated heterocycles. The molecule has 0 saturated carbocycles. The molecule has 0 aliphatic heterocycles. The number of hydrogen-bond donors (Lipinski definition) is 8. The summed E-state index contributed by atoms with van der Waals surface area (Å²) in [5.74, 6) is -3.07. The maximum Gasteiger partial charge on any atom is 0.138 e. The summed E-state index contributed by atoms with van der Waals surface area (Å²) in [6.45, 7) is 3.54. The van der Waals surface area contributed by atoms with Gasteiger partial charge in [-0.2, -0.15) is 0 Å². The van der Waals surface area contributed by atoms with Gasteiger partial charge in [0.25, 0.3) is 0 Å². The molecular formula is C30H20O8. The summed E-state index contributed by atoms with van der Waals surface area (Å²) in [6, 6.07) is 8.22. The van der Waals surface area contributed by atoms with Gasteiger partial charge < -0.3 is 40.9 Å². The second kappa shape index (κ2) is 6.74. The zero-order valence-electron chi connectivity index (χ0n) is 20.0. The Morgan fingerprint density at radius 2 is 0.579 bits per heavy atom. The summed E-state index contributed by atoms with van der Waals surface area (Å²) < 4.78 is 0. The third-order valence-electron chi connectivity index (χ3n) is 7.76. The van der Waals surface area contributed by atoms with Crippen LogP contribution in [0.5, 0.6) is 46.0 Å². The lowest BCUT2D eigenvalue weighted by Crippen LogP contribution is -1.92. The van der Waals surface area contributed by atoms with Gasteiger partial charge in [-0.3, -0.25) is 0 Å². The fourth-order valence-electron chi connectivity index (χ4n) is 6.30. The predicted molar refractivity (Wildman–Crippen MR) is 145 cm³/mol. The van der Waals surface area contributed by atoms with Crippen LogP contribution >= 0.6 is 0 Å². The van der Waals surface area contributed by atoms with Gasteiger partial charge >= 0.3 is 0 Å². The maximum absolute atomic E-state index is 11.4. The SMILES string of the molecule is Cc1cc(O)c2c(O)c3c(O)cc(O)c4c3cc2c1c1c(C)cc(O)c2c(O)c3c(O)cc(O)c4c3cc21. The van der Waals surface area contributed by atoms with Crippen molar-refractivity contribution < 1.29 is 40.9 Å². The van der Waals surface area contributed by atoms with Crippen LogP contribution in [0.4, 0.5) is 0 Å². The van der Waals surface area contributed by atoms with Gasteiger partial charge in [-0.25, -0.2) is 0 Å². The standard InChI is InChI=1S/C30H20O8/c1-9-3-15(31)25-11-5-13-23(17(33)7-19(35)27(13)29(25)37)24-14-6-12-22(21(9)11)10(2)4-16(32)26(12)30(38)28(14)20(36)8-18(24)34/h3-8,31-38H,1-2H3. The summed E-state index contributed by atoms with van der Waals surface area (Å²) in [5.41, 5.74) is 1.24. The van der Waals surface area contributed by atoms with Crippen LogP contribution in [0.3, 0.4) is 0 Å². The van der Waals surface area contributed by atoms with Crippen molar-refractivity contribution in [2.24, 2.45) is 0 Å². The molecule has 0 heterocycles.